The maximum Gasteiger partial charge on any atom is 0.119 e. The summed E-state index contributed by atoms with van der Waals surface area (Å²) in [5, 5.41) is 11.4. The van der Waals surface area contributed by atoms with Crippen molar-refractivity contribution in [1.82, 2.24) is 0 Å². The summed E-state index contributed by atoms with van der Waals surface area (Å²) in [5.74, 6) is 4.23. The summed E-state index contributed by atoms with van der Waals surface area (Å²) in [7, 11) is 0. The molecule has 4 aliphatic rings. The zero-order valence-electron chi connectivity index (χ0n) is 19.2. The van der Waals surface area contributed by atoms with E-state index in [1.807, 2.05) is 19.1 Å². The van der Waals surface area contributed by atoms with Crippen LogP contribution in [0.25, 0.3) is 6.08 Å². The quantitative estimate of drug-likeness (QED) is 0.591. The molecule has 0 aliphatic heterocycles. The molecule has 4 aliphatic carbocycles. The lowest BCUT2D eigenvalue weighted by molar-refractivity contribution is -0.119. The van der Waals surface area contributed by atoms with Gasteiger partial charge in [0.2, 0.25) is 0 Å². The Morgan fingerprint density at radius 3 is 2.53 bits per heavy atom. The van der Waals surface area contributed by atoms with Gasteiger partial charge in [0, 0.05) is 5.41 Å². The second-order valence-electron chi connectivity index (χ2n) is 11.3. The van der Waals surface area contributed by atoms with Crippen LogP contribution in [0.15, 0.2) is 29.8 Å². The van der Waals surface area contributed by atoms with Gasteiger partial charge in [-0.05, 0) is 104 Å². The summed E-state index contributed by atoms with van der Waals surface area (Å²) < 4.78 is 5.59. The summed E-state index contributed by atoms with van der Waals surface area (Å²) in [5.41, 5.74) is 3.09. The second kappa shape index (κ2) is 7.69. The van der Waals surface area contributed by atoms with Crippen LogP contribution >= 0.6 is 0 Å². The maximum absolute atomic E-state index is 11.4. The molecule has 0 bridgehead atoms. The van der Waals surface area contributed by atoms with E-state index in [-0.39, 0.29) is 11.5 Å². The van der Waals surface area contributed by atoms with Crippen LogP contribution in [-0.4, -0.2) is 17.8 Å². The number of aliphatic hydroxyl groups excluding tert-OH is 1. The van der Waals surface area contributed by atoms with Crippen molar-refractivity contribution in [2.24, 2.45) is 34.5 Å². The molecule has 5 unspecified atom stereocenters. The molecular formula is C28H40O2. The van der Waals surface area contributed by atoms with Crippen LogP contribution in [0.2, 0.25) is 0 Å². The lowest BCUT2D eigenvalue weighted by Gasteiger charge is -2.60. The summed E-state index contributed by atoms with van der Waals surface area (Å²) in [6, 6.07) is 8.36. The topological polar surface area (TPSA) is 29.5 Å². The van der Waals surface area contributed by atoms with Crippen molar-refractivity contribution in [3.63, 3.8) is 0 Å². The molecule has 0 aromatic heterocycles. The van der Waals surface area contributed by atoms with E-state index in [4.69, 9.17) is 4.74 Å². The molecule has 1 aromatic carbocycles. The molecule has 0 amide bonds. The lowest BCUT2D eigenvalue weighted by Crippen LogP contribution is -2.53. The van der Waals surface area contributed by atoms with Gasteiger partial charge in [-0.25, -0.2) is 0 Å². The van der Waals surface area contributed by atoms with E-state index in [2.05, 4.69) is 32.1 Å². The Labute approximate surface area is 183 Å². The number of hydrogen-bond donors (Lipinski definition) is 1. The number of rotatable bonds is 3. The van der Waals surface area contributed by atoms with E-state index in [1.54, 1.807) is 0 Å². The van der Waals surface area contributed by atoms with Crippen LogP contribution in [0.3, 0.4) is 0 Å². The largest absolute Gasteiger partial charge is 0.494 e. The molecule has 7 atom stereocenters. The fourth-order valence-corrected chi connectivity index (χ4v) is 8.33. The Morgan fingerprint density at radius 1 is 0.967 bits per heavy atom. The molecule has 164 valence electrons. The zero-order chi connectivity index (χ0) is 20.9. The fourth-order valence-electron chi connectivity index (χ4n) is 8.33. The molecule has 4 saturated carbocycles. The lowest BCUT2D eigenvalue weighted by atomic mass is 9.45. The Kier molecular flexibility index (Phi) is 5.29. The molecule has 2 heteroatoms. The average Bonchev–Trinajstić information content (AvgIpc) is 3.00. The number of aliphatic hydroxyl groups is 1. The number of hydrogen-bond acceptors (Lipinski definition) is 2. The Morgan fingerprint density at radius 2 is 1.77 bits per heavy atom. The first-order chi connectivity index (χ1) is 14.5. The summed E-state index contributed by atoms with van der Waals surface area (Å²) >= 11 is 0. The molecular weight excluding hydrogens is 368 g/mol. The number of fused-ring (bicyclic) bond motifs is 5. The summed E-state index contributed by atoms with van der Waals surface area (Å²) in [4.78, 5) is 0. The monoisotopic (exact) mass is 408 g/mol. The first-order valence-corrected chi connectivity index (χ1v) is 12.6. The molecule has 0 radical (unpaired) electrons. The predicted molar refractivity (Wildman–Crippen MR) is 123 cm³/mol. The SMILES string of the molecule is CCOc1ccc(/C=C2\CC3C4CCC5CCCC[C@@]5(C)C4CC[C@@]3(C)C2O)cc1. The van der Waals surface area contributed by atoms with Gasteiger partial charge in [-0.3, -0.25) is 0 Å². The Balaban J connectivity index is 1.40. The van der Waals surface area contributed by atoms with Gasteiger partial charge in [0.05, 0.1) is 12.7 Å². The van der Waals surface area contributed by atoms with E-state index >= 15 is 0 Å². The highest BCUT2D eigenvalue weighted by Gasteiger charge is 2.60. The van der Waals surface area contributed by atoms with Crippen molar-refractivity contribution in [2.45, 2.75) is 84.7 Å². The minimum Gasteiger partial charge on any atom is -0.494 e. The van der Waals surface area contributed by atoms with Gasteiger partial charge >= 0.3 is 0 Å². The standard InChI is InChI=1S/C28H40O2/c1-4-30-22-11-8-19(9-12-22)17-20-18-25-23-13-10-21-7-5-6-15-27(21,2)24(23)14-16-28(25,3)26(20)29/h8-9,11-12,17,21,23-26,29H,4-7,10,13-16,18H2,1-3H3/b20-17+/t21?,23?,24?,25?,26?,27-,28-/m1/s1. The van der Waals surface area contributed by atoms with Gasteiger partial charge in [-0.2, -0.15) is 0 Å². The average molecular weight is 409 g/mol. The maximum atomic E-state index is 11.4. The van der Waals surface area contributed by atoms with Crippen LogP contribution in [0.5, 0.6) is 5.75 Å². The van der Waals surface area contributed by atoms with Gasteiger partial charge < -0.3 is 9.84 Å². The van der Waals surface area contributed by atoms with Crippen LogP contribution in [0, 0.1) is 34.5 Å². The molecule has 1 N–H and O–H groups in total. The van der Waals surface area contributed by atoms with E-state index in [0.717, 1.165) is 29.9 Å². The first kappa shape index (κ1) is 20.6. The molecule has 2 nitrogen and oxygen atoms in total. The van der Waals surface area contributed by atoms with Crippen LogP contribution in [0.1, 0.15) is 84.1 Å². The van der Waals surface area contributed by atoms with Crippen molar-refractivity contribution >= 4 is 6.08 Å². The fraction of sp³-hybridized carbons (Fsp3) is 0.714. The molecule has 0 spiro atoms. The minimum absolute atomic E-state index is 0.0656. The Hall–Kier alpha value is -1.28. The molecule has 0 heterocycles. The van der Waals surface area contributed by atoms with Crippen LogP contribution in [-0.2, 0) is 0 Å². The van der Waals surface area contributed by atoms with Crippen molar-refractivity contribution in [3.05, 3.63) is 35.4 Å². The first-order valence-electron chi connectivity index (χ1n) is 12.6. The molecule has 0 saturated heterocycles. The van der Waals surface area contributed by atoms with Gasteiger partial charge in [-0.1, -0.05) is 44.9 Å². The van der Waals surface area contributed by atoms with Crippen molar-refractivity contribution < 1.29 is 9.84 Å². The van der Waals surface area contributed by atoms with E-state index < -0.39 is 0 Å². The van der Waals surface area contributed by atoms with Gasteiger partial charge in [0.15, 0.2) is 0 Å². The van der Waals surface area contributed by atoms with Crippen molar-refractivity contribution in [1.29, 1.82) is 0 Å². The minimum atomic E-state index is -0.285. The summed E-state index contributed by atoms with van der Waals surface area (Å²) in [6.07, 6.45) is 14.2. The van der Waals surface area contributed by atoms with Crippen molar-refractivity contribution in [2.75, 3.05) is 6.61 Å². The van der Waals surface area contributed by atoms with E-state index in [1.165, 1.54) is 62.5 Å². The van der Waals surface area contributed by atoms with Gasteiger partial charge in [0.1, 0.15) is 5.75 Å². The number of benzene rings is 1. The van der Waals surface area contributed by atoms with Gasteiger partial charge in [-0.15, -0.1) is 0 Å². The third-order valence-electron chi connectivity index (χ3n) is 10.00. The van der Waals surface area contributed by atoms with Crippen molar-refractivity contribution in [3.8, 4) is 5.75 Å². The zero-order valence-corrected chi connectivity index (χ0v) is 19.2. The highest BCUT2D eigenvalue weighted by Crippen LogP contribution is 2.67. The molecule has 1 aromatic rings. The van der Waals surface area contributed by atoms with Crippen LogP contribution in [0.4, 0.5) is 0 Å². The third-order valence-corrected chi connectivity index (χ3v) is 10.00. The highest BCUT2D eigenvalue weighted by molar-refractivity contribution is 5.56. The second-order valence-corrected chi connectivity index (χ2v) is 11.3. The highest BCUT2D eigenvalue weighted by atomic mass is 16.5. The molecule has 5 rings (SSSR count). The van der Waals surface area contributed by atoms with Crippen LogP contribution < -0.4 is 4.74 Å². The summed E-state index contributed by atoms with van der Waals surface area (Å²) in [6.45, 7) is 7.74. The molecule has 30 heavy (non-hydrogen) atoms. The van der Waals surface area contributed by atoms with E-state index in [0.29, 0.717) is 17.9 Å². The predicted octanol–water partition coefficient (Wildman–Crippen LogP) is 6.87. The Bertz CT molecular complexity index is 795. The third kappa shape index (κ3) is 3.17. The normalized spacial score (nSPS) is 44.3. The number of ether oxygens (including phenoxy) is 1. The van der Waals surface area contributed by atoms with Gasteiger partial charge in [0.25, 0.3) is 0 Å². The van der Waals surface area contributed by atoms with E-state index in [9.17, 15) is 5.11 Å². The molecule has 4 fully saturated rings. The smallest absolute Gasteiger partial charge is 0.119 e.